The van der Waals surface area contributed by atoms with Gasteiger partial charge in [0.25, 0.3) is 0 Å². The maximum absolute atomic E-state index is 14.7. The van der Waals surface area contributed by atoms with Crippen molar-refractivity contribution in [2.24, 2.45) is 0 Å². The number of hydrogen-bond acceptors (Lipinski definition) is 5. The van der Waals surface area contributed by atoms with Crippen molar-refractivity contribution >= 4 is 31.0 Å². The second kappa shape index (κ2) is 22.0. The molecule has 1 aromatic heterocycles. The molecule has 0 aliphatic carbocycles. The Balaban J connectivity index is 1.56. The van der Waals surface area contributed by atoms with E-state index < -0.39 is 19.7 Å². The summed E-state index contributed by atoms with van der Waals surface area (Å²) in [7, 11) is -7.96. The zero-order chi connectivity index (χ0) is 40.7. The molecule has 0 saturated heterocycles. The SMILES string of the molecule is CCCCCCCCCCS(=O)(=O)c1c(-c2ccc(-c3ccc(C)cc3)cc2)sc(-c2ccc(-c3ccc(C)cc3)cc2)c1S(=O)(=O)CCCCCCCCCC. The molecule has 0 fully saturated rings. The van der Waals surface area contributed by atoms with Gasteiger partial charge in [0.15, 0.2) is 19.7 Å². The Hall–Kier alpha value is -3.52. The first kappa shape index (κ1) is 44.6. The van der Waals surface area contributed by atoms with Crippen molar-refractivity contribution in [1.29, 1.82) is 0 Å². The van der Waals surface area contributed by atoms with E-state index in [0.717, 1.165) is 71.9 Å². The van der Waals surface area contributed by atoms with E-state index in [2.05, 4.69) is 76.2 Å². The summed E-state index contributed by atoms with van der Waals surface area (Å²) < 4.78 is 59.0. The zero-order valence-electron chi connectivity index (χ0n) is 34.8. The molecular weight excluding hydrogens is 761 g/mol. The predicted molar refractivity (Wildman–Crippen MR) is 245 cm³/mol. The van der Waals surface area contributed by atoms with Crippen LogP contribution in [-0.2, 0) is 19.7 Å². The van der Waals surface area contributed by atoms with Gasteiger partial charge in [-0.1, -0.05) is 212 Å². The van der Waals surface area contributed by atoms with Crippen LogP contribution in [0.2, 0.25) is 0 Å². The fourth-order valence-corrected chi connectivity index (χ4v) is 13.7. The number of hydrogen-bond donors (Lipinski definition) is 0. The van der Waals surface area contributed by atoms with Crippen LogP contribution in [-0.4, -0.2) is 28.3 Å². The number of unbranched alkanes of at least 4 members (excludes halogenated alkanes) is 14. The fourth-order valence-electron chi connectivity index (χ4n) is 7.52. The van der Waals surface area contributed by atoms with Crippen molar-refractivity contribution in [2.45, 2.75) is 140 Å². The first-order valence-electron chi connectivity index (χ1n) is 21.5. The number of sulfone groups is 2. The molecule has 0 N–H and O–H groups in total. The summed E-state index contributed by atoms with van der Waals surface area (Å²) in [6, 6.07) is 32.5. The average Bonchev–Trinajstić information content (AvgIpc) is 3.64. The molecule has 0 bridgehead atoms. The third-order valence-corrected chi connectivity index (χ3v) is 16.4. The minimum atomic E-state index is -3.98. The molecule has 0 radical (unpaired) electrons. The van der Waals surface area contributed by atoms with Crippen LogP contribution < -0.4 is 0 Å². The molecule has 0 saturated carbocycles. The number of thiophene rings is 1. The minimum absolute atomic E-state index is 0.00397. The Bertz CT molecular complexity index is 2020. The topological polar surface area (TPSA) is 68.3 Å². The van der Waals surface area contributed by atoms with Gasteiger partial charge in [-0.3, -0.25) is 0 Å². The summed E-state index contributed by atoms with van der Waals surface area (Å²) in [6.07, 6.45) is 16.4. The highest BCUT2D eigenvalue weighted by Crippen LogP contribution is 2.48. The summed E-state index contributed by atoms with van der Waals surface area (Å²) in [5, 5.41) is 0. The van der Waals surface area contributed by atoms with Gasteiger partial charge in [-0.15, -0.1) is 11.3 Å². The van der Waals surface area contributed by atoms with Crippen LogP contribution in [0.4, 0.5) is 0 Å². The largest absolute Gasteiger partial charge is 0.224 e. The summed E-state index contributed by atoms with van der Waals surface area (Å²) >= 11 is 1.30. The van der Waals surface area contributed by atoms with E-state index in [0.29, 0.717) is 22.6 Å². The average molecular weight is 825 g/mol. The summed E-state index contributed by atoms with van der Waals surface area (Å²) in [6.45, 7) is 8.54. The third kappa shape index (κ3) is 12.7. The van der Waals surface area contributed by atoms with Crippen LogP contribution in [0, 0.1) is 13.8 Å². The molecule has 5 rings (SSSR count). The lowest BCUT2D eigenvalue weighted by Crippen LogP contribution is -2.15. The highest BCUT2D eigenvalue weighted by molar-refractivity contribution is 7.95. The van der Waals surface area contributed by atoms with Crippen LogP contribution in [0.25, 0.3) is 43.1 Å². The van der Waals surface area contributed by atoms with Crippen molar-refractivity contribution in [3.05, 3.63) is 108 Å². The first-order valence-corrected chi connectivity index (χ1v) is 25.6. The van der Waals surface area contributed by atoms with E-state index in [1.165, 1.54) is 73.8 Å². The molecular formula is C50H64O4S3. The smallest absolute Gasteiger partial charge is 0.181 e. The first-order chi connectivity index (χ1) is 27.5. The van der Waals surface area contributed by atoms with E-state index in [1.807, 2.05) is 48.5 Å². The van der Waals surface area contributed by atoms with Gasteiger partial charge in [-0.2, -0.15) is 0 Å². The zero-order valence-corrected chi connectivity index (χ0v) is 37.3. The van der Waals surface area contributed by atoms with Crippen molar-refractivity contribution in [2.75, 3.05) is 11.5 Å². The molecule has 306 valence electrons. The molecule has 0 amide bonds. The van der Waals surface area contributed by atoms with E-state index in [9.17, 15) is 16.8 Å². The fraction of sp³-hybridized carbons (Fsp3) is 0.440. The lowest BCUT2D eigenvalue weighted by atomic mass is 10.0. The highest BCUT2D eigenvalue weighted by atomic mass is 32.2. The second-order valence-electron chi connectivity index (χ2n) is 15.9. The number of aryl methyl sites for hydroxylation is 2. The van der Waals surface area contributed by atoms with Crippen molar-refractivity contribution in [1.82, 2.24) is 0 Å². The third-order valence-electron chi connectivity index (χ3n) is 11.0. The molecule has 1 heterocycles. The van der Waals surface area contributed by atoms with Gasteiger partial charge in [0.05, 0.1) is 21.3 Å². The van der Waals surface area contributed by atoms with Gasteiger partial charge >= 0.3 is 0 Å². The lowest BCUT2D eigenvalue weighted by molar-refractivity contribution is 0.566. The molecule has 0 atom stereocenters. The monoisotopic (exact) mass is 824 g/mol. The van der Waals surface area contributed by atoms with E-state index >= 15 is 0 Å². The Morgan fingerprint density at radius 1 is 0.351 bits per heavy atom. The van der Waals surface area contributed by atoms with Gasteiger partial charge in [-0.25, -0.2) is 16.8 Å². The molecule has 0 spiro atoms. The molecule has 4 aromatic carbocycles. The number of rotatable bonds is 24. The lowest BCUT2D eigenvalue weighted by Gasteiger charge is -2.13. The predicted octanol–water partition coefficient (Wildman–Crippen LogP) is 14.9. The summed E-state index contributed by atoms with van der Waals surface area (Å²) in [5.74, 6) is -0.140. The Morgan fingerprint density at radius 2 is 0.596 bits per heavy atom. The summed E-state index contributed by atoms with van der Waals surface area (Å²) in [4.78, 5) is 1.01. The normalized spacial score (nSPS) is 12.0. The van der Waals surface area contributed by atoms with E-state index in [4.69, 9.17) is 0 Å². The number of benzene rings is 4. The Labute approximate surface area is 349 Å². The summed E-state index contributed by atoms with van der Waals surface area (Å²) in [5.41, 5.74) is 7.99. The second-order valence-corrected chi connectivity index (χ2v) is 21.0. The minimum Gasteiger partial charge on any atom is -0.224 e. The van der Waals surface area contributed by atoms with E-state index in [-0.39, 0.29) is 21.3 Å². The maximum atomic E-state index is 14.7. The molecule has 4 nitrogen and oxygen atoms in total. The van der Waals surface area contributed by atoms with Crippen LogP contribution in [0.15, 0.2) is 107 Å². The quantitative estimate of drug-likeness (QED) is 0.0581. The van der Waals surface area contributed by atoms with Gasteiger partial charge in [-0.05, 0) is 60.1 Å². The molecule has 5 aromatic rings. The van der Waals surface area contributed by atoms with Crippen LogP contribution in [0.1, 0.15) is 128 Å². The van der Waals surface area contributed by atoms with Crippen molar-refractivity contribution < 1.29 is 16.8 Å². The standard InChI is InChI=1S/C50H64O4S3/c1-5-7-9-11-13-15-17-19-37-56(51,52)49-47(45-33-29-43(30-34-45)41-25-21-39(3)22-26-41)55-48(46-35-31-44(32-36-46)42-27-23-40(4)24-28-42)50(49)57(53,54)38-20-18-16-14-12-10-8-6-2/h21-36H,5-20,37-38H2,1-4H3. The van der Waals surface area contributed by atoms with Gasteiger partial charge in [0, 0.05) is 0 Å². The molecule has 7 heteroatoms. The molecule has 57 heavy (non-hydrogen) atoms. The van der Waals surface area contributed by atoms with Gasteiger partial charge in [0.2, 0.25) is 0 Å². The molecule has 0 unspecified atom stereocenters. The van der Waals surface area contributed by atoms with Crippen LogP contribution >= 0.6 is 11.3 Å². The van der Waals surface area contributed by atoms with Crippen molar-refractivity contribution in [3.8, 4) is 43.1 Å². The Kier molecular flexibility index (Phi) is 17.2. The Morgan fingerprint density at radius 3 is 0.895 bits per heavy atom. The van der Waals surface area contributed by atoms with Crippen LogP contribution in [0.5, 0.6) is 0 Å². The van der Waals surface area contributed by atoms with Crippen LogP contribution in [0.3, 0.4) is 0 Å². The highest BCUT2D eigenvalue weighted by Gasteiger charge is 2.36. The maximum Gasteiger partial charge on any atom is 0.181 e. The molecule has 0 aliphatic rings. The van der Waals surface area contributed by atoms with Gasteiger partial charge in [0.1, 0.15) is 9.79 Å². The van der Waals surface area contributed by atoms with Crippen molar-refractivity contribution in [3.63, 3.8) is 0 Å². The van der Waals surface area contributed by atoms with E-state index in [1.54, 1.807) is 0 Å². The molecule has 0 aliphatic heterocycles. The van der Waals surface area contributed by atoms with Gasteiger partial charge < -0.3 is 0 Å².